The lowest BCUT2D eigenvalue weighted by Crippen LogP contribution is -2.28. The normalized spacial score (nSPS) is 16.4. The lowest BCUT2D eigenvalue weighted by atomic mass is 9.94. The van der Waals surface area contributed by atoms with Crippen LogP contribution in [0.25, 0.3) is 11.1 Å². The number of halogens is 2. The highest BCUT2D eigenvalue weighted by atomic mass is 19.1. The molecule has 0 unspecified atom stereocenters. The standard InChI is InChI=1S/C17H15F2NO4/c1-23-8-10-3-5-12-13(11-4-2-9(18)6-14(11)19)7-15(17(21)22)20-16(12)24-10/h2,4,6-7,10H,3,5,8H2,1H3,(H,21,22)/t10-/m0/s1. The summed E-state index contributed by atoms with van der Waals surface area (Å²) in [7, 11) is 1.54. The zero-order valence-electron chi connectivity index (χ0n) is 12.9. The van der Waals surface area contributed by atoms with Crippen LogP contribution in [0.2, 0.25) is 0 Å². The van der Waals surface area contributed by atoms with Gasteiger partial charge in [0, 0.05) is 24.3 Å². The number of methoxy groups -OCH3 is 1. The van der Waals surface area contributed by atoms with E-state index in [9.17, 15) is 18.7 Å². The Bertz CT molecular complexity index is 794. The quantitative estimate of drug-likeness (QED) is 0.930. The minimum absolute atomic E-state index is 0.117. The molecule has 0 aliphatic carbocycles. The first kappa shape index (κ1) is 16.3. The molecule has 0 saturated heterocycles. The molecule has 1 aliphatic heterocycles. The van der Waals surface area contributed by atoms with E-state index in [1.807, 2.05) is 0 Å². The minimum Gasteiger partial charge on any atom is -0.477 e. The second-order valence-corrected chi connectivity index (χ2v) is 5.50. The fraction of sp³-hybridized carbons (Fsp3) is 0.294. The van der Waals surface area contributed by atoms with Crippen LogP contribution in [0.15, 0.2) is 24.3 Å². The van der Waals surface area contributed by atoms with E-state index in [-0.39, 0.29) is 23.2 Å². The average molecular weight is 335 g/mol. The van der Waals surface area contributed by atoms with Gasteiger partial charge in [-0.15, -0.1) is 0 Å². The van der Waals surface area contributed by atoms with Crippen LogP contribution >= 0.6 is 0 Å². The predicted molar refractivity (Wildman–Crippen MR) is 81.2 cm³/mol. The summed E-state index contributed by atoms with van der Waals surface area (Å²) in [6.45, 7) is 0.346. The van der Waals surface area contributed by atoms with Crippen LogP contribution in [-0.2, 0) is 11.2 Å². The van der Waals surface area contributed by atoms with E-state index in [0.717, 1.165) is 12.1 Å². The van der Waals surface area contributed by atoms with Crippen LogP contribution in [0.5, 0.6) is 5.88 Å². The molecular weight excluding hydrogens is 320 g/mol. The fourth-order valence-electron chi connectivity index (χ4n) is 2.77. The van der Waals surface area contributed by atoms with Gasteiger partial charge in [0.1, 0.15) is 17.7 Å². The number of aromatic nitrogens is 1. The van der Waals surface area contributed by atoms with Crippen LogP contribution < -0.4 is 4.74 Å². The first-order chi connectivity index (χ1) is 11.5. The number of aromatic carboxylic acids is 1. The van der Waals surface area contributed by atoms with Gasteiger partial charge >= 0.3 is 5.97 Å². The fourth-order valence-corrected chi connectivity index (χ4v) is 2.77. The zero-order chi connectivity index (χ0) is 17.3. The van der Waals surface area contributed by atoms with Crippen molar-refractivity contribution in [2.24, 2.45) is 0 Å². The number of carbonyl (C=O) groups is 1. The van der Waals surface area contributed by atoms with Gasteiger partial charge in [-0.05, 0) is 36.6 Å². The summed E-state index contributed by atoms with van der Waals surface area (Å²) in [5.41, 5.74) is 0.820. The second kappa shape index (κ2) is 6.52. The number of hydrogen-bond donors (Lipinski definition) is 1. The Morgan fingerprint density at radius 1 is 1.38 bits per heavy atom. The Kier molecular flexibility index (Phi) is 4.44. The molecule has 2 aromatic rings. The summed E-state index contributed by atoms with van der Waals surface area (Å²) in [5, 5.41) is 9.24. The van der Waals surface area contributed by atoms with Crippen molar-refractivity contribution in [2.45, 2.75) is 18.9 Å². The summed E-state index contributed by atoms with van der Waals surface area (Å²) >= 11 is 0. The molecule has 1 aromatic heterocycles. The maximum atomic E-state index is 14.2. The minimum atomic E-state index is -1.25. The van der Waals surface area contributed by atoms with E-state index in [1.54, 1.807) is 7.11 Å². The van der Waals surface area contributed by atoms with Crippen LogP contribution in [0.4, 0.5) is 8.78 Å². The molecule has 24 heavy (non-hydrogen) atoms. The molecule has 0 saturated carbocycles. The molecule has 0 radical (unpaired) electrons. The van der Waals surface area contributed by atoms with Crippen molar-refractivity contribution in [1.82, 2.24) is 4.98 Å². The summed E-state index contributed by atoms with van der Waals surface area (Å²) < 4.78 is 38.1. The number of pyridine rings is 1. The lowest BCUT2D eigenvalue weighted by Gasteiger charge is -2.26. The van der Waals surface area contributed by atoms with E-state index in [1.165, 1.54) is 12.1 Å². The van der Waals surface area contributed by atoms with Crippen LogP contribution in [0, 0.1) is 11.6 Å². The van der Waals surface area contributed by atoms with Gasteiger partial charge in [0.25, 0.3) is 0 Å². The first-order valence-electron chi connectivity index (χ1n) is 7.38. The van der Waals surface area contributed by atoms with Gasteiger partial charge in [-0.2, -0.15) is 0 Å². The number of nitrogens with zero attached hydrogens (tertiary/aromatic N) is 1. The number of hydrogen-bond acceptors (Lipinski definition) is 4. The number of benzene rings is 1. The molecule has 0 fully saturated rings. The highest BCUT2D eigenvalue weighted by Gasteiger charge is 2.27. The highest BCUT2D eigenvalue weighted by molar-refractivity contribution is 5.88. The van der Waals surface area contributed by atoms with Crippen LogP contribution in [0.1, 0.15) is 22.5 Å². The Balaban J connectivity index is 2.13. The van der Waals surface area contributed by atoms with Crippen molar-refractivity contribution >= 4 is 5.97 Å². The van der Waals surface area contributed by atoms with Crippen molar-refractivity contribution < 1.29 is 28.2 Å². The van der Waals surface area contributed by atoms with Gasteiger partial charge in [-0.25, -0.2) is 18.6 Å². The van der Waals surface area contributed by atoms with E-state index in [0.29, 0.717) is 30.6 Å². The highest BCUT2D eigenvalue weighted by Crippen LogP contribution is 2.36. The Hall–Kier alpha value is -2.54. The van der Waals surface area contributed by atoms with Crippen molar-refractivity contribution in [1.29, 1.82) is 0 Å². The predicted octanol–water partition coefficient (Wildman–Crippen LogP) is 3.07. The first-order valence-corrected chi connectivity index (χ1v) is 7.38. The number of carboxylic acid groups (broad SMARTS) is 1. The molecule has 3 rings (SSSR count). The molecule has 1 aromatic carbocycles. The molecule has 1 N–H and O–H groups in total. The van der Waals surface area contributed by atoms with Gasteiger partial charge in [-0.3, -0.25) is 0 Å². The van der Waals surface area contributed by atoms with Gasteiger partial charge in [0.2, 0.25) is 5.88 Å². The summed E-state index contributed by atoms with van der Waals surface area (Å²) in [6.07, 6.45) is 0.914. The zero-order valence-corrected chi connectivity index (χ0v) is 12.9. The van der Waals surface area contributed by atoms with Crippen molar-refractivity contribution in [2.75, 3.05) is 13.7 Å². The van der Waals surface area contributed by atoms with E-state index in [4.69, 9.17) is 9.47 Å². The maximum Gasteiger partial charge on any atom is 0.354 e. The molecule has 0 amide bonds. The third-order valence-electron chi connectivity index (χ3n) is 3.87. The third-order valence-corrected chi connectivity index (χ3v) is 3.87. The molecule has 5 nitrogen and oxygen atoms in total. The molecular formula is C17H15F2NO4. The largest absolute Gasteiger partial charge is 0.477 e. The Morgan fingerprint density at radius 2 is 2.17 bits per heavy atom. The van der Waals surface area contributed by atoms with Crippen LogP contribution in [-0.4, -0.2) is 35.9 Å². The van der Waals surface area contributed by atoms with Crippen molar-refractivity contribution in [3.05, 3.63) is 47.2 Å². The van der Waals surface area contributed by atoms with E-state index >= 15 is 0 Å². The molecule has 0 bridgehead atoms. The lowest BCUT2D eigenvalue weighted by molar-refractivity contribution is 0.0619. The van der Waals surface area contributed by atoms with E-state index < -0.39 is 17.6 Å². The van der Waals surface area contributed by atoms with Gasteiger partial charge in [-0.1, -0.05) is 0 Å². The number of ether oxygens (including phenoxy) is 2. The summed E-state index contributed by atoms with van der Waals surface area (Å²) in [6, 6.07) is 4.47. The third kappa shape index (κ3) is 3.07. The number of carboxylic acids is 1. The Labute approximate surface area is 136 Å². The van der Waals surface area contributed by atoms with Crippen LogP contribution in [0.3, 0.4) is 0 Å². The molecule has 126 valence electrons. The molecule has 1 atom stereocenters. The topological polar surface area (TPSA) is 68.7 Å². The Morgan fingerprint density at radius 3 is 2.83 bits per heavy atom. The van der Waals surface area contributed by atoms with Gasteiger partial charge in [0.05, 0.1) is 6.61 Å². The summed E-state index contributed by atoms with van der Waals surface area (Å²) in [4.78, 5) is 15.3. The van der Waals surface area contributed by atoms with Gasteiger partial charge < -0.3 is 14.6 Å². The summed E-state index contributed by atoms with van der Waals surface area (Å²) in [5.74, 6) is -2.56. The molecule has 7 heteroatoms. The monoisotopic (exact) mass is 335 g/mol. The second-order valence-electron chi connectivity index (χ2n) is 5.50. The number of fused-ring (bicyclic) bond motifs is 1. The van der Waals surface area contributed by atoms with Crippen molar-refractivity contribution in [3.63, 3.8) is 0 Å². The molecule has 2 heterocycles. The maximum absolute atomic E-state index is 14.2. The average Bonchev–Trinajstić information content (AvgIpc) is 2.54. The smallest absolute Gasteiger partial charge is 0.354 e. The van der Waals surface area contributed by atoms with Crippen molar-refractivity contribution in [3.8, 4) is 17.0 Å². The molecule has 1 aliphatic rings. The van der Waals surface area contributed by atoms with E-state index in [2.05, 4.69) is 4.98 Å². The molecule has 0 spiro atoms. The number of rotatable bonds is 4. The SMILES string of the molecule is COC[C@@H]1CCc2c(-c3ccc(F)cc3F)cc(C(=O)O)nc2O1. The van der Waals surface area contributed by atoms with Gasteiger partial charge in [0.15, 0.2) is 5.69 Å².